The number of nitro groups is 1. The number of nitrogens with one attached hydrogen (secondary N) is 2. The molecule has 0 spiro atoms. The highest BCUT2D eigenvalue weighted by molar-refractivity contribution is 8.00. The molecule has 1 heterocycles. The third kappa shape index (κ3) is 6.26. The Hall–Kier alpha value is 0.0200. The molecule has 0 saturated carbocycles. The molecule has 1 aliphatic heterocycles. The van der Waals surface area contributed by atoms with Crippen LogP contribution in [0.2, 0.25) is 0 Å². The van der Waals surface area contributed by atoms with E-state index in [2.05, 4.69) is 10.6 Å². The smallest absolute Gasteiger partial charge is 0.243 e. The molecule has 0 aromatic heterocycles. The molecule has 1 aliphatic rings. The van der Waals surface area contributed by atoms with Gasteiger partial charge in [0.1, 0.15) is 0 Å². The molecule has 0 amide bonds. The summed E-state index contributed by atoms with van der Waals surface area (Å²) in [5.41, 5.74) is -0.903. The maximum absolute atomic E-state index is 11.1. The highest BCUT2D eigenvalue weighted by atomic mass is 32.2. The first-order valence-electron chi connectivity index (χ1n) is 6.36. The Morgan fingerprint density at radius 2 is 1.56 bits per heavy atom. The monoisotopic (exact) mass is 293 g/mol. The lowest BCUT2D eigenvalue weighted by atomic mass is 10.0. The van der Waals surface area contributed by atoms with Crippen LogP contribution in [0.25, 0.3) is 0 Å². The van der Waals surface area contributed by atoms with Crippen LogP contribution in [-0.2, 0) is 0 Å². The Kier molecular flexibility index (Phi) is 8.05. The van der Waals surface area contributed by atoms with Crippen molar-refractivity contribution in [2.45, 2.75) is 18.9 Å². The largest absolute Gasteiger partial charge is 0.309 e. The molecule has 1 saturated heterocycles. The third-order valence-corrected chi connectivity index (χ3v) is 5.02. The summed E-state index contributed by atoms with van der Waals surface area (Å²) >= 11 is 3.85. The van der Waals surface area contributed by atoms with Crippen LogP contribution in [0.5, 0.6) is 0 Å². The van der Waals surface area contributed by atoms with Gasteiger partial charge in [0.25, 0.3) is 0 Å². The Balaban J connectivity index is 2.41. The molecule has 7 heteroatoms. The summed E-state index contributed by atoms with van der Waals surface area (Å²) in [6.45, 7) is 4.27. The van der Waals surface area contributed by atoms with Gasteiger partial charge in [-0.2, -0.15) is 23.5 Å². The van der Waals surface area contributed by atoms with E-state index < -0.39 is 5.54 Å². The summed E-state index contributed by atoms with van der Waals surface area (Å²) in [7, 11) is 0. The van der Waals surface area contributed by atoms with Crippen molar-refractivity contribution in [3.05, 3.63) is 10.1 Å². The lowest BCUT2D eigenvalue weighted by Crippen LogP contribution is -2.52. The molecule has 0 aliphatic carbocycles. The molecule has 1 rings (SSSR count). The van der Waals surface area contributed by atoms with Gasteiger partial charge in [-0.3, -0.25) is 10.1 Å². The molecule has 106 valence electrons. The van der Waals surface area contributed by atoms with Crippen molar-refractivity contribution < 1.29 is 4.92 Å². The van der Waals surface area contributed by atoms with Crippen LogP contribution < -0.4 is 10.6 Å². The summed E-state index contributed by atoms with van der Waals surface area (Å²) in [5.74, 6) is 4.45. The minimum Gasteiger partial charge on any atom is -0.309 e. The second kappa shape index (κ2) is 9.01. The molecule has 0 unspecified atom stereocenters. The molecular weight excluding hydrogens is 270 g/mol. The van der Waals surface area contributed by atoms with Crippen molar-refractivity contribution in [1.29, 1.82) is 0 Å². The van der Waals surface area contributed by atoms with Gasteiger partial charge in [-0.1, -0.05) is 0 Å². The predicted molar refractivity (Wildman–Crippen MR) is 80.4 cm³/mol. The third-order valence-electron chi connectivity index (χ3n) is 2.88. The van der Waals surface area contributed by atoms with Crippen molar-refractivity contribution in [2.75, 3.05) is 49.2 Å². The van der Waals surface area contributed by atoms with Crippen LogP contribution in [0, 0.1) is 10.1 Å². The fourth-order valence-corrected chi connectivity index (χ4v) is 3.53. The van der Waals surface area contributed by atoms with Gasteiger partial charge in [0.2, 0.25) is 5.54 Å². The standard InChI is InChI=1S/C11H23N3O2S2/c1-11(14(15)16)9-12-3-7-17-5-2-6-18-8-4-13-10-11/h12-13H,2-10H2,1H3. The number of nitrogens with zero attached hydrogens (tertiary/aromatic N) is 1. The fraction of sp³-hybridized carbons (Fsp3) is 1.00. The van der Waals surface area contributed by atoms with E-state index in [4.69, 9.17) is 0 Å². The van der Waals surface area contributed by atoms with Crippen molar-refractivity contribution in [2.24, 2.45) is 0 Å². The average molecular weight is 293 g/mol. The summed E-state index contributed by atoms with van der Waals surface area (Å²) in [4.78, 5) is 11.0. The Morgan fingerprint density at radius 3 is 2.00 bits per heavy atom. The van der Waals surface area contributed by atoms with Gasteiger partial charge < -0.3 is 10.6 Å². The van der Waals surface area contributed by atoms with Gasteiger partial charge in [0.15, 0.2) is 0 Å². The SMILES string of the molecule is CC1([N+](=O)[O-])CNCCSCCCSCCNC1. The fourth-order valence-electron chi connectivity index (χ4n) is 1.66. The first-order chi connectivity index (χ1) is 8.65. The predicted octanol–water partition coefficient (Wildman–Crippen LogP) is 1.07. The van der Waals surface area contributed by atoms with Gasteiger partial charge in [-0.15, -0.1) is 0 Å². The highest BCUT2D eigenvalue weighted by Crippen LogP contribution is 2.10. The molecule has 18 heavy (non-hydrogen) atoms. The van der Waals surface area contributed by atoms with E-state index in [1.54, 1.807) is 6.92 Å². The summed E-state index contributed by atoms with van der Waals surface area (Å²) < 4.78 is 0. The first kappa shape index (κ1) is 16.1. The quantitative estimate of drug-likeness (QED) is 0.557. The van der Waals surface area contributed by atoms with E-state index in [0.717, 1.165) is 24.6 Å². The normalized spacial score (nSPS) is 24.1. The van der Waals surface area contributed by atoms with Crippen molar-refractivity contribution in [3.8, 4) is 0 Å². The first-order valence-corrected chi connectivity index (χ1v) is 8.67. The van der Waals surface area contributed by atoms with Crippen LogP contribution in [0.4, 0.5) is 0 Å². The van der Waals surface area contributed by atoms with E-state index >= 15 is 0 Å². The van der Waals surface area contributed by atoms with Crippen LogP contribution in [0.15, 0.2) is 0 Å². The van der Waals surface area contributed by atoms with Crippen molar-refractivity contribution in [1.82, 2.24) is 10.6 Å². The topological polar surface area (TPSA) is 67.2 Å². The minimum absolute atomic E-state index is 0.168. The molecule has 0 bridgehead atoms. The van der Waals surface area contributed by atoms with Gasteiger partial charge in [0.05, 0.1) is 13.1 Å². The maximum Gasteiger partial charge on any atom is 0.243 e. The van der Waals surface area contributed by atoms with Gasteiger partial charge in [-0.05, 0) is 17.9 Å². The average Bonchev–Trinajstić information content (AvgIpc) is 2.34. The van der Waals surface area contributed by atoms with Crippen molar-refractivity contribution in [3.63, 3.8) is 0 Å². The zero-order chi connectivity index (χ0) is 13.3. The Morgan fingerprint density at radius 1 is 1.06 bits per heavy atom. The lowest BCUT2D eigenvalue weighted by Gasteiger charge is -2.22. The van der Waals surface area contributed by atoms with Crippen molar-refractivity contribution >= 4 is 23.5 Å². The van der Waals surface area contributed by atoms with E-state index in [1.165, 1.54) is 17.9 Å². The molecule has 2 N–H and O–H groups in total. The number of thioether (sulfide) groups is 2. The van der Waals surface area contributed by atoms with E-state index in [1.807, 2.05) is 23.5 Å². The molecule has 0 aromatic rings. The van der Waals surface area contributed by atoms with Gasteiger partial charge in [-0.25, -0.2) is 0 Å². The minimum atomic E-state index is -0.903. The van der Waals surface area contributed by atoms with Gasteiger partial charge >= 0.3 is 0 Å². The van der Waals surface area contributed by atoms with Crippen LogP contribution >= 0.6 is 23.5 Å². The molecule has 1 fully saturated rings. The molecule has 0 atom stereocenters. The summed E-state index contributed by atoms with van der Waals surface area (Å²) in [6, 6.07) is 0. The molecule has 0 radical (unpaired) electrons. The van der Waals surface area contributed by atoms with Gasteiger partial charge in [0, 0.05) is 36.4 Å². The second-order valence-electron chi connectivity index (χ2n) is 4.69. The van der Waals surface area contributed by atoms with Crippen LogP contribution in [-0.4, -0.2) is 59.7 Å². The number of hydrogen-bond acceptors (Lipinski definition) is 6. The van der Waals surface area contributed by atoms with E-state index in [-0.39, 0.29) is 4.92 Å². The Labute approximate surface area is 117 Å². The zero-order valence-electron chi connectivity index (χ0n) is 10.9. The highest BCUT2D eigenvalue weighted by Gasteiger charge is 2.36. The summed E-state index contributed by atoms with van der Waals surface area (Å²) in [6.07, 6.45) is 1.25. The molecule has 0 aromatic carbocycles. The second-order valence-corrected chi connectivity index (χ2v) is 7.14. The van der Waals surface area contributed by atoms with E-state index in [0.29, 0.717) is 13.1 Å². The number of hydrogen-bond donors (Lipinski definition) is 2. The molecule has 5 nitrogen and oxygen atoms in total. The van der Waals surface area contributed by atoms with E-state index in [9.17, 15) is 10.1 Å². The zero-order valence-corrected chi connectivity index (χ0v) is 12.6. The lowest BCUT2D eigenvalue weighted by molar-refractivity contribution is -0.560. The Bertz CT molecular complexity index is 240. The van der Waals surface area contributed by atoms with Crippen LogP contribution in [0.3, 0.4) is 0 Å². The number of rotatable bonds is 1. The molecular formula is C11H23N3O2S2. The van der Waals surface area contributed by atoms with Crippen LogP contribution in [0.1, 0.15) is 13.3 Å². The maximum atomic E-state index is 11.1. The summed E-state index contributed by atoms with van der Waals surface area (Å²) in [5, 5.41) is 17.5.